The molecule has 2 fully saturated rings. The van der Waals surface area contributed by atoms with Gasteiger partial charge in [0.1, 0.15) is 0 Å². The maximum Gasteiger partial charge on any atom is 0.0331 e. The van der Waals surface area contributed by atoms with Gasteiger partial charge in [-0.05, 0) is 50.0 Å². The van der Waals surface area contributed by atoms with Crippen molar-refractivity contribution in [2.75, 3.05) is 19.6 Å². The average molecular weight is 281 g/mol. The Bertz CT molecular complexity index is 289. The zero-order valence-corrected chi connectivity index (χ0v) is 14.0. The van der Waals surface area contributed by atoms with E-state index in [4.69, 9.17) is 5.73 Å². The molecule has 3 atom stereocenters. The Balaban J connectivity index is 1.99. The SMILES string of the molecule is CCCC1CCCC(CN)(N2CCC(C(C)C)C2)CC1. The lowest BCUT2D eigenvalue weighted by Crippen LogP contribution is -2.52. The lowest BCUT2D eigenvalue weighted by atomic mass is 9.87. The molecule has 0 aromatic carbocycles. The van der Waals surface area contributed by atoms with Gasteiger partial charge in [0.05, 0.1) is 0 Å². The summed E-state index contributed by atoms with van der Waals surface area (Å²) in [5.74, 6) is 2.69. The van der Waals surface area contributed by atoms with Crippen LogP contribution in [0.5, 0.6) is 0 Å². The average Bonchev–Trinajstić information content (AvgIpc) is 2.84. The molecule has 2 nitrogen and oxygen atoms in total. The minimum absolute atomic E-state index is 0.339. The van der Waals surface area contributed by atoms with Gasteiger partial charge in [-0.15, -0.1) is 0 Å². The quantitative estimate of drug-likeness (QED) is 0.770. The summed E-state index contributed by atoms with van der Waals surface area (Å²) in [6, 6.07) is 0. The van der Waals surface area contributed by atoms with Crippen molar-refractivity contribution < 1.29 is 0 Å². The molecule has 0 amide bonds. The molecule has 0 bridgehead atoms. The van der Waals surface area contributed by atoms with Gasteiger partial charge in [0, 0.05) is 18.6 Å². The van der Waals surface area contributed by atoms with E-state index >= 15 is 0 Å². The summed E-state index contributed by atoms with van der Waals surface area (Å²) in [6.45, 7) is 10.6. The van der Waals surface area contributed by atoms with E-state index in [-0.39, 0.29) is 0 Å². The van der Waals surface area contributed by atoms with E-state index < -0.39 is 0 Å². The fraction of sp³-hybridized carbons (Fsp3) is 1.00. The molecular weight excluding hydrogens is 244 g/mol. The highest BCUT2D eigenvalue weighted by Crippen LogP contribution is 2.39. The molecule has 2 heteroatoms. The summed E-state index contributed by atoms with van der Waals surface area (Å²) in [5.41, 5.74) is 6.63. The van der Waals surface area contributed by atoms with Gasteiger partial charge in [-0.3, -0.25) is 4.90 Å². The number of likely N-dealkylation sites (tertiary alicyclic amines) is 1. The first-order valence-corrected chi connectivity index (χ1v) is 9.06. The van der Waals surface area contributed by atoms with E-state index in [0.29, 0.717) is 5.54 Å². The molecule has 0 radical (unpaired) electrons. The lowest BCUT2D eigenvalue weighted by molar-refractivity contribution is 0.0966. The third-order valence-corrected chi connectivity index (χ3v) is 6.19. The number of hydrogen-bond donors (Lipinski definition) is 1. The predicted molar refractivity (Wildman–Crippen MR) is 87.8 cm³/mol. The zero-order chi connectivity index (χ0) is 14.6. The Morgan fingerprint density at radius 3 is 2.60 bits per heavy atom. The summed E-state index contributed by atoms with van der Waals surface area (Å²) in [6.07, 6.45) is 11.1. The first-order valence-electron chi connectivity index (χ1n) is 9.06. The number of nitrogens with two attached hydrogens (primary N) is 1. The van der Waals surface area contributed by atoms with Crippen LogP contribution < -0.4 is 5.73 Å². The molecule has 3 unspecified atom stereocenters. The molecule has 0 spiro atoms. The van der Waals surface area contributed by atoms with E-state index in [2.05, 4.69) is 25.7 Å². The first-order chi connectivity index (χ1) is 9.61. The fourth-order valence-electron chi connectivity index (χ4n) is 4.57. The third kappa shape index (κ3) is 3.57. The van der Waals surface area contributed by atoms with Crippen LogP contribution in [0.4, 0.5) is 0 Å². The van der Waals surface area contributed by atoms with E-state index in [0.717, 1.165) is 24.3 Å². The van der Waals surface area contributed by atoms with Crippen LogP contribution in [0, 0.1) is 17.8 Å². The monoisotopic (exact) mass is 280 g/mol. The molecule has 1 saturated heterocycles. The standard InChI is InChI=1S/C18H36N2/c1-4-6-16-7-5-10-18(14-19,11-8-16)20-12-9-17(13-20)15(2)3/h15-17H,4-14,19H2,1-3H3. The Hall–Kier alpha value is -0.0800. The van der Waals surface area contributed by atoms with E-state index in [1.54, 1.807) is 0 Å². The van der Waals surface area contributed by atoms with Crippen molar-refractivity contribution in [3.63, 3.8) is 0 Å². The molecule has 118 valence electrons. The molecule has 2 N–H and O–H groups in total. The van der Waals surface area contributed by atoms with Gasteiger partial charge in [-0.2, -0.15) is 0 Å². The van der Waals surface area contributed by atoms with Crippen LogP contribution in [0.3, 0.4) is 0 Å². The van der Waals surface area contributed by atoms with Crippen LogP contribution in [0.1, 0.15) is 72.1 Å². The van der Waals surface area contributed by atoms with Gasteiger partial charge < -0.3 is 5.73 Å². The van der Waals surface area contributed by atoms with Gasteiger partial charge in [0.15, 0.2) is 0 Å². The molecule has 0 aromatic rings. The second-order valence-electron chi connectivity index (χ2n) is 7.75. The minimum Gasteiger partial charge on any atom is -0.329 e. The zero-order valence-electron chi connectivity index (χ0n) is 14.0. The number of rotatable bonds is 5. The summed E-state index contributed by atoms with van der Waals surface area (Å²) in [5, 5.41) is 0. The van der Waals surface area contributed by atoms with Crippen molar-refractivity contribution in [2.24, 2.45) is 23.5 Å². The smallest absolute Gasteiger partial charge is 0.0331 e. The second kappa shape index (κ2) is 7.26. The molecular formula is C18H36N2. The lowest BCUT2D eigenvalue weighted by Gasteiger charge is -2.41. The van der Waals surface area contributed by atoms with Crippen LogP contribution >= 0.6 is 0 Å². The van der Waals surface area contributed by atoms with Crippen LogP contribution in [-0.2, 0) is 0 Å². The van der Waals surface area contributed by atoms with Gasteiger partial charge in [0.25, 0.3) is 0 Å². The molecule has 0 aromatic heterocycles. The Labute approximate surface area is 126 Å². The van der Waals surface area contributed by atoms with Crippen LogP contribution in [-0.4, -0.2) is 30.1 Å². The molecule has 2 rings (SSSR count). The van der Waals surface area contributed by atoms with Crippen molar-refractivity contribution in [2.45, 2.75) is 77.7 Å². The van der Waals surface area contributed by atoms with Gasteiger partial charge in [0.2, 0.25) is 0 Å². The van der Waals surface area contributed by atoms with Crippen molar-refractivity contribution in [1.29, 1.82) is 0 Å². The topological polar surface area (TPSA) is 29.3 Å². The van der Waals surface area contributed by atoms with Crippen LogP contribution in [0.25, 0.3) is 0 Å². The van der Waals surface area contributed by atoms with Gasteiger partial charge in [-0.1, -0.05) is 46.5 Å². The highest BCUT2D eigenvalue weighted by molar-refractivity contribution is 4.97. The maximum atomic E-state index is 6.29. The van der Waals surface area contributed by atoms with Gasteiger partial charge in [-0.25, -0.2) is 0 Å². The highest BCUT2D eigenvalue weighted by Gasteiger charge is 2.41. The van der Waals surface area contributed by atoms with E-state index in [1.807, 2.05) is 0 Å². The summed E-state index contributed by atoms with van der Waals surface area (Å²) < 4.78 is 0. The Kier molecular flexibility index (Phi) is 5.92. The summed E-state index contributed by atoms with van der Waals surface area (Å²) in [7, 11) is 0. The van der Waals surface area contributed by atoms with Crippen molar-refractivity contribution in [3.05, 3.63) is 0 Å². The molecule has 1 saturated carbocycles. The van der Waals surface area contributed by atoms with Crippen molar-refractivity contribution in [1.82, 2.24) is 4.90 Å². The first kappa shape index (κ1) is 16.3. The van der Waals surface area contributed by atoms with Crippen LogP contribution in [0.2, 0.25) is 0 Å². The Morgan fingerprint density at radius 1 is 1.20 bits per heavy atom. The van der Waals surface area contributed by atoms with Crippen LogP contribution in [0.15, 0.2) is 0 Å². The molecule has 1 aliphatic heterocycles. The predicted octanol–water partition coefficient (Wildman–Crippen LogP) is 4.04. The normalized spacial score (nSPS) is 36.5. The second-order valence-corrected chi connectivity index (χ2v) is 7.75. The summed E-state index contributed by atoms with van der Waals surface area (Å²) in [4.78, 5) is 2.78. The van der Waals surface area contributed by atoms with E-state index in [1.165, 1.54) is 64.5 Å². The Morgan fingerprint density at radius 2 is 2.00 bits per heavy atom. The van der Waals surface area contributed by atoms with Crippen molar-refractivity contribution >= 4 is 0 Å². The largest absolute Gasteiger partial charge is 0.329 e. The molecule has 2 aliphatic rings. The van der Waals surface area contributed by atoms with Crippen molar-refractivity contribution in [3.8, 4) is 0 Å². The van der Waals surface area contributed by atoms with E-state index in [9.17, 15) is 0 Å². The summed E-state index contributed by atoms with van der Waals surface area (Å²) >= 11 is 0. The highest BCUT2D eigenvalue weighted by atomic mass is 15.2. The fourth-order valence-corrected chi connectivity index (χ4v) is 4.57. The molecule has 20 heavy (non-hydrogen) atoms. The molecule has 1 aliphatic carbocycles. The minimum atomic E-state index is 0.339. The number of nitrogens with zero attached hydrogens (tertiary/aromatic N) is 1. The number of hydrogen-bond acceptors (Lipinski definition) is 2. The van der Waals surface area contributed by atoms with Gasteiger partial charge >= 0.3 is 0 Å². The third-order valence-electron chi connectivity index (χ3n) is 6.19. The molecule has 1 heterocycles. The maximum absolute atomic E-state index is 6.29.